The highest BCUT2D eigenvalue weighted by atomic mass is 16.5. The standard InChI is InChI=1S/C25H31N3O4/c1-3-4-6-20-21(7-5-8-22(20)32-2)24(29)27-17-13-18-10-11-19(14-17)28(18)23-12-9-16(15-26-23)25(30)31/h5,7-9,12,15,17-19H,3-4,6,10-11,13-14H2,1-2H3,(H,27,29)(H,30,31). The van der Waals surface area contributed by atoms with E-state index in [1.54, 1.807) is 19.2 Å². The van der Waals surface area contributed by atoms with Crippen LogP contribution < -0.4 is 15.0 Å². The quantitative estimate of drug-likeness (QED) is 0.647. The summed E-state index contributed by atoms with van der Waals surface area (Å²) in [4.78, 5) is 31.0. The number of anilines is 1. The van der Waals surface area contributed by atoms with Gasteiger partial charge in [-0.05, 0) is 62.8 Å². The summed E-state index contributed by atoms with van der Waals surface area (Å²) < 4.78 is 5.52. The molecule has 1 aromatic carbocycles. The number of piperidine rings is 1. The van der Waals surface area contributed by atoms with Crippen molar-refractivity contribution < 1.29 is 19.4 Å². The molecule has 32 heavy (non-hydrogen) atoms. The van der Waals surface area contributed by atoms with Crippen molar-refractivity contribution in [1.29, 1.82) is 0 Å². The summed E-state index contributed by atoms with van der Waals surface area (Å²) in [5, 5.41) is 12.4. The zero-order valence-electron chi connectivity index (χ0n) is 18.7. The van der Waals surface area contributed by atoms with Crippen LogP contribution in [0.25, 0.3) is 0 Å². The molecule has 0 aliphatic carbocycles. The third kappa shape index (κ3) is 4.42. The number of carbonyl (C=O) groups excluding carboxylic acids is 1. The molecular weight excluding hydrogens is 406 g/mol. The Labute approximate surface area is 188 Å². The van der Waals surface area contributed by atoms with E-state index < -0.39 is 5.97 Å². The number of nitrogens with zero attached hydrogens (tertiary/aromatic N) is 2. The molecule has 4 rings (SSSR count). The van der Waals surface area contributed by atoms with Crippen molar-refractivity contribution in [3.63, 3.8) is 0 Å². The van der Waals surface area contributed by atoms with Gasteiger partial charge in [-0.3, -0.25) is 4.79 Å². The zero-order valence-corrected chi connectivity index (χ0v) is 18.7. The number of carboxylic acid groups (broad SMARTS) is 1. The molecule has 1 aromatic heterocycles. The number of hydrogen-bond donors (Lipinski definition) is 2. The van der Waals surface area contributed by atoms with E-state index in [0.717, 1.165) is 62.1 Å². The van der Waals surface area contributed by atoms with Gasteiger partial charge in [0.05, 0.1) is 12.7 Å². The Morgan fingerprint density at radius 3 is 2.53 bits per heavy atom. The van der Waals surface area contributed by atoms with Crippen LogP contribution in [-0.4, -0.2) is 47.2 Å². The van der Waals surface area contributed by atoms with Crippen LogP contribution in [0.15, 0.2) is 36.5 Å². The highest BCUT2D eigenvalue weighted by Crippen LogP contribution is 2.38. The molecule has 2 unspecified atom stereocenters. The minimum Gasteiger partial charge on any atom is -0.496 e. The van der Waals surface area contributed by atoms with Gasteiger partial charge in [0.15, 0.2) is 0 Å². The number of amides is 1. The maximum Gasteiger partial charge on any atom is 0.337 e. The van der Waals surface area contributed by atoms with E-state index in [1.807, 2.05) is 18.2 Å². The smallest absolute Gasteiger partial charge is 0.337 e. The average Bonchev–Trinajstić information content (AvgIpc) is 3.07. The highest BCUT2D eigenvalue weighted by Gasteiger charge is 2.42. The lowest BCUT2D eigenvalue weighted by molar-refractivity contribution is 0.0696. The van der Waals surface area contributed by atoms with E-state index in [4.69, 9.17) is 9.84 Å². The normalized spacial score (nSPS) is 21.9. The van der Waals surface area contributed by atoms with Crippen molar-refractivity contribution >= 4 is 17.7 Å². The van der Waals surface area contributed by atoms with Gasteiger partial charge >= 0.3 is 5.97 Å². The summed E-state index contributed by atoms with van der Waals surface area (Å²) in [7, 11) is 1.65. The molecule has 2 atom stereocenters. The van der Waals surface area contributed by atoms with Crippen LogP contribution in [-0.2, 0) is 6.42 Å². The second-order valence-corrected chi connectivity index (χ2v) is 8.73. The molecule has 2 fully saturated rings. The number of pyridine rings is 1. The Balaban J connectivity index is 1.46. The molecule has 3 heterocycles. The fourth-order valence-electron chi connectivity index (χ4n) is 5.18. The molecular formula is C25H31N3O4. The van der Waals surface area contributed by atoms with E-state index >= 15 is 0 Å². The van der Waals surface area contributed by atoms with Crippen molar-refractivity contribution in [1.82, 2.24) is 10.3 Å². The summed E-state index contributed by atoms with van der Waals surface area (Å²) in [6, 6.07) is 9.80. The van der Waals surface area contributed by atoms with Crippen molar-refractivity contribution in [3.8, 4) is 5.75 Å². The molecule has 0 saturated carbocycles. The third-order valence-corrected chi connectivity index (χ3v) is 6.71. The summed E-state index contributed by atoms with van der Waals surface area (Å²) in [5.41, 5.74) is 1.89. The van der Waals surface area contributed by atoms with Crippen molar-refractivity contribution in [3.05, 3.63) is 53.2 Å². The number of carbonyl (C=O) groups is 2. The molecule has 2 N–H and O–H groups in total. The second kappa shape index (κ2) is 9.59. The molecule has 170 valence electrons. The predicted octanol–water partition coefficient (Wildman–Crippen LogP) is 4.06. The number of ether oxygens (including phenoxy) is 1. The van der Waals surface area contributed by atoms with Gasteiger partial charge in [-0.1, -0.05) is 19.4 Å². The lowest BCUT2D eigenvalue weighted by atomic mass is 9.95. The number of methoxy groups -OCH3 is 1. The number of benzene rings is 1. The van der Waals surface area contributed by atoms with Crippen LogP contribution in [0.2, 0.25) is 0 Å². The maximum atomic E-state index is 13.2. The van der Waals surface area contributed by atoms with E-state index in [-0.39, 0.29) is 17.5 Å². The Bertz CT molecular complexity index is 962. The van der Waals surface area contributed by atoms with Gasteiger partial charge in [-0.2, -0.15) is 0 Å². The molecule has 2 saturated heterocycles. The van der Waals surface area contributed by atoms with Crippen LogP contribution in [0.3, 0.4) is 0 Å². The lowest BCUT2D eigenvalue weighted by Gasteiger charge is -2.40. The van der Waals surface area contributed by atoms with E-state index in [9.17, 15) is 9.59 Å². The summed E-state index contributed by atoms with van der Waals surface area (Å²) >= 11 is 0. The molecule has 1 amide bonds. The molecule has 7 heteroatoms. The van der Waals surface area contributed by atoms with Crippen molar-refractivity contribution in [2.75, 3.05) is 12.0 Å². The van der Waals surface area contributed by atoms with Crippen LogP contribution >= 0.6 is 0 Å². The van der Waals surface area contributed by atoms with Crippen molar-refractivity contribution in [2.24, 2.45) is 0 Å². The van der Waals surface area contributed by atoms with Gasteiger partial charge in [0, 0.05) is 35.4 Å². The van der Waals surface area contributed by atoms with Crippen LogP contribution in [0.4, 0.5) is 5.82 Å². The van der Waals surface area contributed by atoms with Crippen LogP contribution in [0, 0.1) is 0 Å². The summed E-state index contributed by atoms with van der Waals surface area (Å²) in [6.45, 7) is 2.14. The second-order valence-electron chi connectivity index (χ2n) is 8.73. The lowest BCUT2D eigenvalue weighted by Crippen LogP contribution is -2.50. The molecule has 7 nitrogen and oxygen atoms in total. The number of aromatic nitrogens is 1. The minimum absolute atomic E-state index is 0.0308. The fourth-order valence-corrected chi connectivity index (χ4v) is 5.18. The van der Waals surface area contributed by atoms with E-state index in [2.05, 4.69) is 22.1 Å². The molecule has 2 aliphatic heterocycles. The summed E-state index contributed by atoms with van der Waals surface area (Å²) in [6.07, 6.45) is 8.15. The highest BCUT2D eigenvalue weighted by molar-refractivity contribution is 5.96. The number of nitrogens with one attached hydrogen (secondary N) is 1. The maximum absolute atomic E-state index is 13.2. The minimum atomic E-state index is -0.968. The monoisotopic (exact) mass is 437 g/mol. The molecule has 0 spiro atoms. The SMILES string of the molecule is CCCCc1c(OC)cccc1C(=O)NC1CC2CCC(C1)N2c1ccc(C(=O)O)cn1. The number of fused-ring (bicyclic) bond motifs is 2. The van der Waals surface area contributed by atoms with Gasteiger partial charge in [0.25, 0.3) is 5.91 Å². The Kier molecular flexibility index (Phi) is 6.63. The molecule has 2 aromatic rings. The van der Waals surface area contributed by atoms with Gasteiger partial charge in [0.1, 0.15) is 11.6 Å². The number of unbranched alkanes of at least 4 members (excludes halogenated alkanes) is 1. The van der Waals surface area contributed by atoms with Crippen LogP contribution in [0.5, 0.6) is 5.75 Å². The van der Waals surface area contributed by atoms with E-state index in [0.29, 0.717) is 17.6 Å². The Morgan fingerprint density at radius 1 is 1.19 bits per heavy atom. The number of hydrogen-bond acceptors (Lipinski definition) is 5. The van der Waals surface area contributed by atoms with Crippen LogP contribution in [0.1, 0.15) is 71.7 Å². The summed E-state index contributed by atoms with van der Waals surface area (Å²) in [5.74, 6) is 0.597. The molecule has 2 bridgehead atoms. The first-order valence-electron chi connectivity index (χ1n) is 11.5. The average molecular weight is 438 g/mol. The number of rotatable bonds is 8. The van der Waals surface area contributed by atoms with Gasteiger partial charge in [-0.25, -0.2) is 9.78 Å². The first-order chi connectivity index (χ1) is 15.5. The van der Waals surface area contributed by atoms with E-state index in [1.165, 1.54) is 6.20 Å². The largest absolute Gasteiger partial charge is 0.496 e. The predicted molar refractivity (Wildman–Crippen MR) is 123 cm³/mol. The molecule has 2 aliphatic rings. The van der Waals surface area contributed by atoms with Crippen molar-refractivity contribution in [2.45, 2.75) is 70.0 Å². The zero-order chi connectivity index (χ0) is 22.7. The first-order valence-corrected chi connectivity index (χ1v) is 11.5. The molecule has 0 radical (unpaired) electrons. The fraction of sp³-hybridized carbons (Fsp3) is 0.480. The number of aromatic carboxylic acids is 1. The van der Waals surface area contributed by atoms with Gasteiger partial charge < -0.3 is 20.1 Å². The Hall–Kier alpha value is -3.09. The Morgan fingerprint density at radius 2 is 1.94 bits per heavy atom. The number of carboxylic acids is 1. The third-order valence-electron chi connectivity index (χ3n) is 6.71. The van der Waals surface area contributed by atoms with Gasteiger partial charge in [-0.15, -0.1) is 0 Å². The first kappa shape index (κ1) is 22.1. The van der Waals surface area contributed by atoms with Gasteiger partial charge in [0.2, 0.25) is 0 Å². The topological polar surface area (TPSA) is 91.8 Å².